The standard InChI is InChI=1S/C20H26FN3O2.HI/c1-15-4-5-17(12-19(15)21)14-24-20(22-2)23-13-16-6-8-18(9-7-16)26-11-10-25-3;/h4-9,12H,10-11,13-14H2,1-3H3,(H2,22,23,24);1H. The molecular weight excluding hydrogens is 460 g/mol. The molecule has 0 aliphatic heterocycles. The molecule has 0 fully saturated rings. The topological polar surface area (TPSA) is 54.9 Å². The second-order valence-corrected chi connectivity index (χ2v) is 5.85. The third-order valence-corrected chi connectivity index (χ3v) is 3.86. The number of aryl methyl sites for hydroxylation is 1. The molecule has 0 aromatic heterocycles. The van der Waals surface area contributed by atoms with E-state index in [-0.39, 0.29) is 29.8 Å². The number of methoxy groups -OCH3 is 1. The molecule has 0 spiro atoms. The predicted octanol–water partition coefficient (Wildman–Crippen LogP) is 3.64. The molecule has 0 atom stereocenters. The molecule has 0 radical (unpaired) electrons. The van der Waals surface area contributed by atoms with Gasteiger partial charge in [0.2, 0.25) is 0 Å². The first-order valence-corrected chi connectivity index (χ1v) is 8.52. The fourth-order valence-electron chi connectivity index (χ4n) is 2.28. The zero-order valence-corrected chi connectivity index (χ0v) is 18.3. The van der Waals surface area contributed by atoms with E-state index in [0.29, 0.717) is 37.8 Å². The van der Waals surface area contributed by atoms with Gasteiger partial charge >= 0.3 is 0 Å². The van der Waals surface area contributed by atoms with E-state index in [4.69, 9.17) is 9.47 Å². The molecule has 0 saturated heterocycles. The maximum atomic E-state index is 13.6. The second kappa shape index (κ2) is 12.5. The number of nitrogens with zero attached hydrogens (tertiary/aromatic N) is 1. The SMILES string of the molecule is CN=C(NCc1ccc(OCCOC)cc1)NCc1ccc(C)c(F)c1.I. The molecule has 2 rings (SSSR count). The summed E-state index contributed by atoms with van der Waals surface area (Å²) in [4.78, 5) is 4.19. The van der Waals surface area contributed by atoms with Crippen LogP contribution >= 0.6 is 24.0 Å². The number of hydrogen-bond donors (Lipinski definition) is 2. The molecule has 0 aliphatic carbocycles. The Balaban J connectivity index is 0.00000364. The van der Waals surface area contributed by atoms with Gasteiger partial charge in [-0.05, 0) is 41.8 Å². The van der Waals surface area contributed by atoms with Crippen molar-refractivity contribution in [2.24, 2.45) is 4.99 Å². The summed E-state index contributed by atoms with van der Waals surface area (Å²) >= 11 is 0. The minimum absolute atomic E-state index is 0. The molecule has 27 heavy (non-hydrogen) atoms. The molecule has 5 nitrogen and oxygen atoms in total. The Morgan fingerprint density at radius 3 is 2.22 bits per heavy atom. The van der Waals surface area contributed by atoms with Crippen LogP contribution in [0.4, 0.5) is 4.39 Å². The summed E-state index contributed by atoms with van der Waals surface area (Å²) in [6.07, 6.45) is 0. The van der Waals surface area contributed by atoms with E-state index in [1.54, 1.807) is 27.1 Å². The van der Waals surface area contributed by atoms with Crippen molar-refractivity contribution >= 4 is 29.9 Å². The number of aliphatic imine (C=N–C) groups is 1. The molecule has 0 amide bonds. The van der Waals surface area contributed by atoms with Crippen molar-refractivity contribution in [3.05, 3.63) is 65.0 Å². The lowest BCUT2D eigenvalue weighted by Crippen LogP contribution is -2.36. The Morgan fingerprint density at radius 2 is 1.63 bits per heavy atom. The Hall–Kier alpha value is -1.87. The van der Waals surface area contributed by atoms with Crippen LogP contribution in [0.3, 0.4) is 0 Å². The summed E-state index contributed by atoms with van der Waals surface area (Å²) in [5, 5.41) is 6.42. The first-order chi connectivity index (χ1) is 12.6. The van der Waals surface area contributed by atoms with Crippen LogP contribution < -0.4 is 15.4 Å². The van der Waals surface area contributed by atoms with E-state index in [2.05, 4.69) is 15.6 Å². The van der Waals surface area contributed by atoms with E-state index in [1.165, 1.54) is 6.07 Å². The quantitative estimate of drug-likeness (QED) is 0.259. The monoisotopic (exact) mass is 487 g/mol. The molecule has 7 heteroatoms. The number of nitrogens with one attached hydrogen (secondary N) is 2. The lowest BCUT2D eigenvalue weighted by molar-refractivity contribution is 0.146. The normalized spacial score (nSPS) is 10.9. The number of hydrogen-bond acceptors (Lipinski definition) is 3. The maximum Gasteiger partial charge on any atom is 0.191 e. The molecule has 2 N–H and O–H groups in total. The van der Waals surface area contributed by atoms with Crippen molar-refractivity contribution in [2.45, 2.75) is 20.0 Å². The van der Waals surface area contributed by atoms with E-state index in [0.717, 1.165) is 16.9 Å². The highest BCUT2D eigenvalue weighted by atomic mass is 127. The van der Waals surface area contributed by atoms with Gasteiger partial charge in [0.1, 0.15) is 18.2 Å². The van der Waals surface area contributed by atoms with Gasteiger partial charge in [0.15, 0.2) is 5.96 Å². The van der Waals surface area contributed by atoms with Gasteiger partial charge in [-0.25, -0.2) is 4.39 Å². The zero-order chi connectivity index (χ0) is 18.8. The summed E-state index contributed by atoms with van der Waals surface area (Å²) in [6.45, 7) is 3.98. The minimum atomic E-state index is -0.194. The third kappa shape index (κ3) is 8.13. The number of halogens is 2. The average Bonchev–Trinajstić information content (AvgIpc) is 2.66. The molecule has 2 aromatic rings. The molecule has 0 unspecified atom stereocenters. The van der Waals surface area contributed by atoms with Gasteiger partial charge in [-0.15, -0.1) is 24.0 Å². The summed E-state index contributed by atoms with van der Waals surface area (Å²) in [5.74, 6) is 1.28. The van der Waals surface area contributed by atoms with Gasteiger partial charge in [0, 0.05) is 27.2 Å². The fraction of sp³-hybridized carbons (Fsp3) is 0.350. The largest absolute Gasteiger partial charge is 0.491 e. The molecule has 0 heterocycles. The third-order valence-electron chi connectivity index (χ3n) is 3.86. The van der Waals surface area contributed by atoms with Gasteiger partial charge in [0.05, 0.1) is 6.61 Å². The van der Waals surface area contributed by atoms with E-state index < -0.39 is 0 Å². The van der Waals surface area contributed by atoms with Gasteiger partial charge < -0.3 is 20.1 Å². The summed E-state index contributed by atoms with van der Waals surface area (Å²) in [7, 11) is 3.35. The van der Waals surface area contributed by atoms with Crippen molar-refractivity contribution in [1.29, 1.82) is 0 Å². The molecular formula is C20H27FIN3O2. The highest BCUT2D eigenvalue weighted by Gasteiger charge is 2.02. The van der Waals surface area contributed by atoms with E-state index in [1.807, 2.05) is 30.3 Å². The molecule has 2 aromatic carbocycles. The van der Waals surface area contributed by atoms with Crippen molar-refractivity contribution in [3.63, 3.8) is 0 Å². The Morgan fingerprint density at radius 1 is 1.00 bits per heavy atom. The lowest BCUT2D eigenvalue weighted by Gasteiger charge is -2.13. The van der Waals surface area contributed by atoms with Crippen LogP contribution in [0.5, 0.6) is 5.75 Å². The van der Waals surface area contributed by atoms with Crippen LogP contribution in [-0.4, -0.2) is 33.3 Å². The Bertz CT molecular complexity index is 724. The number of guanidine groups is 1. The van der Waals surface area contributed by atoms with Gasteiger partial charge in [-0.1, -0.05) is 24.3 Å². The van der Waals surface area contributed by atoms with Crippen LogP contribution in [0, 0.1) is 12.7 Å². The summed E-state index contributed by atoms with van der Waals surface area (Å²) in [6, 6.07) is 13.1. The van der Waals surface area contributed by atoms with Gasteiger partial charge in [-0.3, -0.25) is 4.99 Å². The maximum absolute atomic E-state index is 13.6. The van der Waals surface area contributed by atoms with Crippen molar-refractivity contribution in [3.8, 4) is 5.75 Å². The number of benzene rings is 2. The average molecular weight is 487 g/mol. The minimum Gasteiger partial charge on any atom is -0.491 e. The number of ether oxygens (including phenoxy) is 2. The van der Waals surface area contributed by atoms with Crippen molar-refractivity contribution in [1.82, 2.24) is 10.6 Å². The van der Waals surface area contributed by atoms with Crippen LogP contribution in [0.15, 0.2) is 47.5 Å². The Labute approximate surface area is 177 Å². The lowest BCUT2D eigenvalue weighted by atomic mass is 10.1. The molecule has 148 valence electrons. The van der Waals surface area contributed by atoms with Crippen molar-refractivity contribution < 1.29 is 13.9 Å². The van der Waals surface area contributed by atoms with E-state index in [9.17, 15) is 4.39 Å². The van der Waals surface area contributed by atoms with Crippen LogP contribution in [-0.2, 0) is 17.8 Å². The smallest absolute Gasteiger partial charge is 0.191 e. The summed E-state index contributed by atoms with van der Waals surface area (Å²) < 4.78 is 24.1. The van der Waals surface area contributed by atoms with Crippen LogP contribution in [0.1, 0.15) is 16.7 Å². The fourth-order valence-corrected chi connectivity index (χ4v) is 2.28. The van der Waals surface area contributed by atoms with Crippen LogP contribution in [0.25, 0.3) is 0 Å². The first-order valence-electron chi connectivity index (χ1n) is 8.52. The zero-order valence-electron chi connectivity index (χ0n) is 15.9. The summed E-state index contributed by atoms with van der Waals surface area (Å²) in [5.41, 5.74) is 2.62. The van der Waals surface area contributed by atoms with Crippen molar-refractivity contribution in [2.75, 3.05) is 27.4 Å². The van der Waals surface area contributed by atoms with Gasteiger partial charge in [0.25, 0.3) is 0 Å². The first kappa shape index (κ1) is 23.2. The molecule has 0 aliphatic rings. The Kier molecular flexibility index (Phi) is 10.7. The molecule has 0 saturated carbocycles. The van der Waals surface area contributed by atoms with Crippen LogP contribution in [0.2, 0.25) is 0 Å². The molecule has 0 bridgehead atoms. The van der Waals surface area contributed by atoms with E-state index >= 15 is 0 Å². The highest BCUT2D eigenvalue weighted by Crippen LogP contribution is 2.12. The highest BCUT2D eigenvalue weighted by molar-refractivity contribution is 14.0. The number of rotatable bonds is 8. The van der Waals surface area contributed by atoms with Gasteiger partial charge in [-0.2, -0.15) is 0 Å². The second-order valence-electron chi connectivity index (χ2n) is 5.85. The predicted molar refractivity (Wildman–Crippen MR) is 117 cm³/mol.